The van der Waals surface area contributed by atoms with E-state index in [0.717, 1.165) is 22.8 Å². The lowest BCUT2D eigenvalue weighted by Crippen LogP contribution is -2.17. The molecule has 0 amide bonds. The molecular weight excluding hydrogens is 312 g/mol. The molecule has 3 heterocycles. The Hall–Kier alpha value is -1.79. The zero-order valence-corrected chi connectivity index (χ0v) is 14.4. The van der Waals surface area contributed by atoms with Crippen LogP contribution < -0.4 is 4.74 Å². The second-order valence-corrected chi connectivity index (χ2v) is 6.87. The van der Waals surface area contributed by atoms with Crippen molar-refractivity contribution in [3.8, 4) is 5.75 Å². The number of ketones is 1. The maximum Gasteiger partial charge on any atom is 0.188 e. The van der Waals surface area contributed by atoms with Gasteiger partial charge < -0.3 is 9.47 Å². The second kappa shape index (κ2) is 6.76. The lowest BCUT2D eigenvalue weighted by atomic mass is 10.1. The van der Waals surface area contributed by atoms with Gasteiger partial charge in [0.05, 0.1) is 19.1 Å². The predicted octanol–water partition coefficient (Wildman–Crippen LogP) is 3.14. The molecule has 0 aromatic carbocycles. The molecule has 0 saturated carbocycles. The largest absolute Gasteiger partial charge is 0.488 e. The number of pyridine rings is 1. The molecule has 1 fully saturated rings. The van der Waals surface area contributed by atoms with Crippen LogP contribution in [0.25, 0.3) is 0 Å². The van der Waals surface area contributed by atoms with Crippen molar-refractivity contribution in [2.24, 2.45) is 0 Å². The van der Waals surface area contributed by atoms with Crippen molar-refractivity contribution in [2.45, 2.75) is 45.8 Å². The quantitative estimate of drug-likeness (QED) is 0.787. The number of aromatic nitrogens is 2. The number of carbonyl (C=O) groups excluding carboxylic acids is 1. The third-order valence-corrected chi connectivity index (χ3v) is 4.62. The Morgan fingerprint density at radius 3 is 2.83 bits per heavy atom. The highest BCUT2D eigenvalue weighted by molar-refractivity contribution is 7.09. The minimum Gasteiger partial charge on any atom is -0.488 e. The Morgan fingerprint density at radius 1 is 1.35 bits per heavy atom. The Labute approximate surface area is 139 Å². The van der Waals surface area contributed by atoms with E-state index >= 15 is 0 Å². The van der Waals surface area contributed by atoms with Crippen LogP contribution in [0.4, 0.5) is 0 Å². The Morgan fingerprint density at radius 2 is 2.17 bits per heavy atom. The maximum absolute atomic E-state index is 12.4. The van der Waals surface area contributed by atoms with Gasteiger partial charge in [-0.2, -0.15) is 0 Å². The van der Waals surface area contributed by atoms with Crippen LogP contribution in [0.5, 0.6) is 5.75 Å². The molecule has 5 nitrogen and oxygen atoms in total. The van der Waals surface area contributed by atoms with E-state index in [0.29, 0.717) is 18.1 Å². The SMILES string of the molecule is Cc1cc(O[C@H]2CO[C@@H](C)C2)cc(C(=O)Cc2nc(C)cs2)n1. The molecule has 1 saturated heterocycles. The number of thiazole rings is 1. The Balaban J connectivity index is 1.72. The van der Waals surface area contributed by atoms with Gasteiger partial charge in [-0.25, -0.2) is 9.97 Å². The lowest BCUT2D eigenvalue weighted by Gasteiger charge is -2.13. The molecule has 2 aromatic heterocycles. The summed E-state index contributed by atoms with van der Waals surface area (Å²) in [7, 11) is 0. The van der Waals surface area contributed by atoms with Gasteiger partial charge in [0, 0.05) is 35.3 Å². The van der Waals surface area contributed by atoms with E-state index in [4.69, 9.17) is 9.47 Å². The smallest absolute Gasteiger partial charge is 0.188 e. The van der Waals surface area contributed by atoms with Crippen LogP contribution in [0.1, 0.15) is 40.2 Å². The van der Waals surface area contributed by atoms with E-state index in [9.17, 15) is 4.79 Å². The molecule has 2 aromatic rings. The van der Waals surface area contributed by atoms with E-state index in [-0.39, 0.29) is 24.4 Å². The molecule has 122 valence electrons. The van der Waals surface area contributed by atoms with Gasteiger partial charge in [-0.15, -0.1) is 11.3 Å². The van der Waals surface area contributed by atoms with Crippen LogP contribution in [0.15, 0.2) is 17.5 Å². The van der Waals surface area contributed by atoms with Crippen LogP contribution in [-0.4, -0.2) is 34.6 Å². The van der Waals surface area contributed by atoms with Gasteiger partial charge in [-0.1, -0.05) is 0 Å². The average Bonchev–Trinajstić information content (AvgIpc) is 3.07. The highest BCUT2D eigenvalue weighted by atomic mass is 32.1. The van der Waals surface area contributed by atoms with Gasteiger partial charge in [0.25, 0.3) is 0 Å². The third-order valence-electron chi connectivity index (χ3n) is 3.66. The maximum atomic E-state index is 12.4. The molecule has 1 aliphatic rings. The van der Waals surface area contributed by atoms with E-state index in [1.165, 1.54) is 11.3 Å². The van der Waals surface area contributed by atoms with E-state index in [1.54, 1.807) is 6.07 Å². The van der Waals surface area contributed by atoms with Gasteiger partial charge in [0.15, 0.2) is 5.78 Å². The minimum absolute atomic E-state index is 0.0380. The van der Waals surface area contributed by atoms with Gasteiger partial charge in [0.2, 0.25) is 0 Å². The molecule has 0 N–H and O–H groups in total. The van der Waals surface area contributed by atoms with Crippen LogP contribution in [0.3, 0.4) is 0 Å². The van der Waals surface area contributed by atoms with Crippen LogP contribution in [-0.2, 0) is 11.2 Å². The van der Waals surface area contributed by atoms with Gasteiger partial charge in [0.1, 0.15) is 22.6 Å². The first-order valence-electron chi connectivity index (χ1n) is 7.71. The van der Waals surface area contributed by atoms with Crippen molar-refractivity contribution in [1.82, 2.24) is 9.97 Å². The average molecular weight is 332 g/mol. The number of ether oxygens (including phenoxy) is 2. The van der Waals surface area contributed by atoms with Gasteiger partial charge >= 0.3 is 0 Å². The summed E-state index contributed by atoms with van der Waals surface area (Å²) in [5, 5.41) is 2.76. The van der Waals surface area contributed by atoms with Gasteiger partial charge in [-0.05, 0) is 20.8 Å². The molecule has 0 radical (unpaired) electrons. The van der Waals surface area contributed by atoms with E-state index < -0.39 is 0 Å². The van der Waals surface area contributed by atoms with Crippen molar-refractivity contribution in [2.75, 3.05) is 6.61 Å². The highest BCUT2D eigenvalue weighted by Crippen LogP contribution is 2.22. The first-order valence-corrected chi connectivity index (χ1v) is 8.58. The molecular formula is C17H20N2O3S. The first kappa shape index (κ1) is 16.1. The van der Waals surface area contributed by atoms with E-state index in [2.05, 4.69) is 9.97 Å². The summed E-state index contributed by atoms with van der Waals surface area (Å²) in [4.78, 5) is 21.1. The van der Waals surface area contributed by atoms with Crippen molar-refractivity contribution in [3.05, 3.63) is 39.6 Å². The van der Waals surface area contributed by atoms with Gasteiger partial charge in [-0.3, -0.25) is 4.79 Å². The Kier molecular flexibility index (Phi) is 4.73. The molecule has 23 heavy (non-hydrogen) atoms. The van der Waals surface area contributed by atoms with Crippen LogP contribution >= 0.6 is 11.3 Å². The summed E-state index contributed by atoms with van der Waals surface area (Å²) in [6, 6.07) is 3.58. The number of rotatable bonds is 5. The van der Waals surface area contributed by atoms with E-state index in [1.807, 2.05) is 32.2 Å². The molecule has 0 bridgehead atoms. The topological polar surface area (TPSA) is 61.3 Å². The number of carbonyl (C=O) groups is 1. The molecule has 0 aliphatic carbocycles. The second-order valence-electron chi connectivity index (χ2n) is 5.93. The zero-order valence-electron chi connectivity index (χ0n) is 13.5. The highest BCUT2D eigenvalue weighted by Gasteiger charge is 2.24. The van der Waals surface area contributed by atoms with Crippen LogP contribution in [0, 0.1) is 13.8 Å². The number of hydrogen-bond donors (Lipinski definition) is 0. The normalized spacial score (nSPS) is 20.7. The number of aryl methyl sites for hydroxylation is 2. The monoisotopic (exact) mass is 332 g/mol. The number of Topliss-reactive ketones (excluding diaryl/α,β-unsaturated/α-hetero) is 1. The zero-order chi connectivity index (χ0) is 16.4. The van der Waals surface area contributed by atoms with Crippen molar-refractivity contribution in [1.29, 1.82) is 0 Å². The van der Waals surface area contributed by atoms with Crippen molar-refractivity contribution in [3.63, 3.8) is 0 Å². The number of nitrogens with zero attached hydrogens (tertiary/aromatic N) is 2. The first-order chi connectivity index (χ1) is 11.0. The molecule has 6 heteroatoms. The Bertz CT molecular complexity index is 714. The van der Waals surface area contributed by atoms with Crippen molar-refractivity contribution >= 4 is 17.1 Å². The molecule has 0 unspecified atom stereocenters. The fourth-order valence-electron chi connectivity index (χ4n) is 2.61. The summed E-state index contributed by atoms with van der Waals surface area (Å²) >= 11 is 1.50. The van der Waals surface area contributed by atoms with Crippen molar-refractivity contribution < 1.29 is 14.3 Å². The molecule has 3 rings (SSSR count). The molecule has 2 atom stereocenters. The standard InChI is InChI=1S/C17H20N2O3S/c1-10-4-13(22-14-5-12(3)21-8-14)6-15(18-10)16(20)7-17-19-11(2)9-23-17/h4,6,9,12,14H,5,7-8H2,1-3H3/t12-,14+/m0/s1. The summed E-state index contributed by atoms with van der Waals surface area (Å²) in [6.45, 7) is 6.41. The van der Waals surface area contributed by atoms with Crippen LogP contribution in [0.2, 0.25) is 0 Å². The summed E-state index contributed by atoms with van der Waals surface area (Å²) in [5.74, 6) is 0.641. The minimum atomic E-state index is -0.0380. The lowest BCUT2D eigenvalue weighted by molar-refractivity contribution is 0.0985. The summed E-state index contributed by atoms with van der Waals surface area (Å²) in [6.07, 6.45) is 1.40. The number of hydrogen-bond acceptors (Lipinski definition) is 6. The summed E-state index contributed by atoms with van der Waals surface area (Å²) < 4.78 is 11.5. The fraction of sp³-hybridized carbons (Fsp3) is 0.471. The fourth-order valence-corrected chi connectivity index (χ4v) is 3.38. The summed E-state index contributed by atoms with van der Waals surface area (Å²) in [5.41, 5.74) is 2.14. The third kappa shape index (κ3) is 4.14. The molecule has 0 spiro atoms. The molecule has 1 aliphatic heterocycles. The predicted molar refractivity (Wildman–Crippen MR) is 88.3 cm³/mol.